The second-order valence-electron chi connectivity index (χ2n) is 8.31. The molecular weight excluding hydrogens is 480 g/mol. The fourth-order valence-corrected chi connectivity index (χ4v) is 5.16. The van der Waals surface area contributed by atoms with Crippen LogP contribution in [0.15, 0.2) is 41.2 Å². The van der Waals surface area contributed by atoms with Gasteiger partial charge in [0.05, 0.1) is 29.9 Å². The second-order valence-corrected chi connectivity index (χ2v) is 9.37. The number of fused-ring (bicyclic) bond motifs is 1. The maximum absolute atomic E-state index is 13.5. The second kappa shape index (κ2) is 12.0. The summed E-state index contributed by atoms with van der Waals surface area (Å²) in [5.41, 5.74) is 0.407. The minimum Gasteiger partial charge on any atom is -0.493 e. The van der Waals surface area contributed by atoms with Crippen LogP contribution in [0.2, 0.25) is 0 Å². The Morgan fingerprint density at radius 2 is 2.03 bits per heavy atom. The first kappa shape index (κ1) is 25.7. The molecule has 3 aromatic rings. The SMILES string of the molecule is CCOC(=O)/C=c1/s/c(=C\c2c(OCC)ccc3ccccc23)c(=O)n1CC(=O)NCC1CCCO1. The molecule has 190 valence electrons. The molecule has 1 amide bonds. The van der Waals surface area contributed by atoms with Crippen LogP contribution in [0.4, 0.5) is 0 Å². The van der Waals surface area contributed by atoms with E-state index in [1.54, 1.807) is 13.0 Å². The quantitative estimate of drug-likeness (QED) is 0.442. The molecule has 1 aliphatic heterocycles. The van der Waals surface area contributed by atoms with Gasteiger partial charge in [-0.3, -0.25) is 14.2 Å². The van der Waals surface area contributed by atoms with Crippen LogP contribution < -0.4 is 24.8 Å². The lowest BCUT2D eigenvalue weighted by Gasteiger charge is -2.11. The third-order valence-corrected chi connectivity index (χ3v) is 6.88. The first-order valence-corrected chi connectivity index (χ1v) is 12.9. The Morgan fingerprint density at radius 1 is 1.19 bits per heavy atom. The molecule has 36 heavy (non-hydrogen) atoms. The molecule has 1 saturated heterocycles. The molecule has 1 aliphatic rings. The summed E-state index contributed by atoms with van der Waals surface area (Å²) in [5.74, 6) is -0.240. The summed E-state index contributed by atoms with van der Waals surface area (Å²) in [5, 5.41) is 4.78. The van der Waals surface area contributed by atoms with E-state index in [0.29, 0.717) is 34.7 Å². The van der Waals surface area contributed by atoms with Crippen molar-refractivity contribution >= 4 is 46.1 Å². The molecule has 1 unspecified atom stereocenters. The van der Waals surface area contributed by atoms with Gasteiger partial charge in [0.15, 0.2) is 0 Å². The molecule has 2 heterocycles. The highest BCUT2D eigenvalue weighted by Gasteiger charge is 2.17. The Kier molecular flexibility index (Phi) is 8.56. The standard InChI is InChI=1S/C27H30N2O6S/c1-3-33-22-12-11-18-8-5-6-10-20(18)21(22)14-23-27(32)29(25(36-23)15-26(31)34-4-2)17-24(30)28-16-19-9-7-13-35-19/h5-6,8,10-12,14-15,19H,3-4,7,9,13,16-17H2,1-2H3,(H,28,30)/b23-14-,25-15+. The first-order chi connectivity index (χ1) is 17.5. The zero-order valence-corrected chi connectivity index (χ0v) is 21.3. The van der Waals surface area contributed by atoms with E-state index in [0.717, 1.165) is 40.5 Å². The van der Waals surface area contributed by atoms with Gasteiger partial charge in [0.25, 0.3) is 5.56 Å². The van der Waals surface area contributed by atoms with E-state index in [4.69, 9.17) is 14.2 Å². The van der Waals surface area contributed by atoms with E-state index in [2.05, 4.69) is 5.32 Å². The van der Waals surface area contributed by atoms with E-state index in [-0.39, 0.29) is 30.7 Å². The molecule has 4 rings (SSSR count). The molecule has 0 radical (unpaired) electrons. The zero-order chi connectivity index (χ0) is 25.5. The van der Waals surface area contributed by atoms with Crippen LogP contribution in [0.3, 0.4) is 0 Å². The predicted molar refractivity (Wildman–Crippen MR) is 140 cm³/mol. The van der Waals surface area contributed by atoms with Crippen LogP contribution in [0.5, 0.6) is 5.75 Å². The number of carbonyl (C=O) groups is 2. The number of rotatable bonds is 9. The van der Waals surface area contributed by atoms with Crippen LogP contribution in [0.1, 0.15) is 32.3 Å². The van der Waals surface area contributed by atoms with Crippen molar-refractivity contribution in [2.24, 2.45) is 0 Å². The van der Waals surface area contributed by atoms with Crippen molar-refractivity contribution < 1.29 is 23.8 Å². The van der Waals surface area contributed by atoms with Crippen molar-refractivity contribution in [2.45, 2.75) is 39.3 Å². The Hall–Kier alpha value is -3.43. The van der Waals surface area contributed by atoms with Crippen molar-refractivity contribution in [3.05, 3.63) is 61.5 Å². The third-order valence-electron chi connectivity index (χ3n) is 5.82. The molecule has 1 atom stereocenters. The van der Waals surface area contributed by atoms with Gasteiger partial charge in [0.1, 0.15) is 17.0 Å². The van der Waals surface area contributed by atoms with Crippen LogP contribution in [-0.2, 0) is 25.6 Å². The van der Waals surface area contributed by atoms with Gasteiger partial charge < -0.3 is 19.5 Å². The molecule has 1 fully saturated rings. The highest BCUT2D eigenvalue weighted by atomic mass is 32.1. The zero-order valence-electron chi connectivity index (χ0n) is 20.5. The number of nitrogens with zero attached hydrogens (tertiary/aromatic N) is 1. The van der Waals surface area contributed by atoms with Crippen LogP contribution in [0.25, 0.3) is 22.9 Å². The first-order valence-electron chi connectivity index (χ1n) is 12.1. The summed E-state index contributed by atoms with van der Waals surface area (Å²) < 4.78 is 18.5. The Morgan fingerprint density at radius 3 is 2.78 bits per heavy atom. The summed E-state index contributed by atoms with van der Waals surface area (Å²) in [4.78, 5) is 38.4. The normalized spacial score (nSPS) is 16.4. The molecule has 0 aliphatic carbocycles. The summed E-state index contributed by atoms with van der Waals surface area (Å²) in [6.45, 7) is 5.16. The van der Waals surface area contributed by atoms with Crippen molar-refractivity contribution in [3.63, 3.8) is 0 Å². The van der Waals surface area contributed by atoms with Crippen molar-refractivity contribution in [1.82, 2.24) is 9.88 Å². The highest BCUT2D eigenvalue weighted by Crippen LogP contribution is 2.28. The fraction of sp³-hybridized carbons (Fsp3) is 0.370. The molecule has 9 heteroatoms. The number of benzene rings is 2. The Labute approximate surface area is 212 Å². The lowest BCUT2D eigenvalue weighted by atomic mass is 10.0. The van der Waals surface area contributed by atoms with Crippen molar-refractivity contribution in [3.8, 4) is 5.75 Å². The van der Waals surface area contributed by atoms with Crippen molar-refractivity contribution in [2.75, 3.05) is 26.4 Å². The lowest BCUT2D eigenvalue weighted by molar-refractivity contribution is -0.135. The largest absolute Gasteiger partial charge is 0.493 e. The number of aromatic nitrogens is 1. The lowest BCUT2D eigenvalue weighted by Crippen LogP contribution is -2.40. The van der Waals surface area contributed by atoms with Crippen LogP contribution >= 0.6 is 11.3 Å². The number of thiazole rings is 1. The maximum Gasteiger partial charge on any atom is 0.333 e. The monoisotopic (exact) mass is 510 g/mol. The number of hydrogen-bond donors (Lipinski definition) is 1. The van der Waals surface area contributed by atoms with E-state index in [9.17, 15) is 14.4 Å². The fourth-order valence-electron chi connectivity index (χ4n) is 4.15. The van der Waals surface area contributed by atoms with Gasteiger partial charge in [-0.2, -0.15) is 0 Å². The van der Waals surface area contributed by atoms with E-state index in [1.807, 2.05) is 43.3 Å². The average Bonchev–Trinajstić information content (AvgIpc) is 3.49. The molecule has 1 aromatic heterocycles. The molecule has 0 spiro atoms. The minimum atomic E-state index is -0.570. The summed E-state index contributed by atoms with van der Waals surface area (Å²) in [6, 6.07) is 11.7. The summed E-state index contributed by atoms with van der Waals surface area (Å²) >= 11 is 1.13. The van der Waals surface area contributed by atoms with Crippen LogP contribution in [0, 0.1) is 0 Å². The number of esters is 1. The molecule has 8 nitrogen and oxygen atoms in total. The number of ether oxygens (including phenoxy) is 3. The van der Waals surface area contributed by atoms with E-state index >= 15 is 0 Å². The molecular formula is C27H30N2O6S. The van der Waals surface area contributed by atoms with E-state index < -0.39 is 5.97 Å². The summed E-state index contributed by atoms with van der Waals surface area (Å²) in [6.07, 6.45) is 4.88. The molecule has 0 bridgehead atoms. The van der Waals surface area contributed by atoms with Gasteiger partial charge in [-0.25, -0.2) is 4.79 Å². The van der Waals surface area contributed by atoms with E-state index in [1.165, 1.54) is 10.6 Å². The highest BCUT2D eigenvalue weighted by molar-refractivity contribution is 7.07. The summed E-state index contributed by atoms with van der Waals surface area (Å²) in [7, 11) is 0. The Balaban J connectivity index is 1.77. The Bertz CT molecular complexity index is 1420. The topological polar surface area (TPSA) is 95.9 Å². The number of hydrogen-bond acceptors (Lipinski definition) is 7. The van der Waals surface area contributed by atoms with Gasteiger partial charge >= 0.3 is 5.97 Å². The maximum atomic E-state index is 13.5. The number of amides is 1. The van der Waals surface area contributed by atoms with Gasteiger partial charge in [-0.05, 0) is 49.6 Å². The molecule has 2 aromatic carbocycles. The molecule has 0 saturated carbocycles. The average molecular weight is 511 g/mol. The van der Waals surface area contributed by atoms with Gasteiger partial charge in [-0.1, -0.05) is 30.3 Å². The van der Waals surface area contributed by atoms with Gasteiger partial charge in [0, 0.05) is 18.7 Å². The van der Waals surface area contributed by atoms with Crippen LogP contribution in [-0.4, -0.2) is 48.9 Å². The van der Waals surface area contributed by atoms with Gasteiger partial charge in [-0.15, -0.1) is 11.3 Å². The third kappa shape index (κ3) is 6.03. The number of carbonyl (C=O) groups excluding carboxylic acids is 2. The molecule has 1 N–H and O–H groups in total. The minimum absolute atomic E-state index is 0.00838. The number of nitrogens with one attached hydrogen (secondary N) is 1. The van der Waals surface area contributed by atoms with Gasteiger partial charge in [0.2, 0.25) is 5.91 Å². The predicted octanol–water partition coefficient (Wildman–Crippen LogP) is 1.93. The smallest absolute Gasteiger partial charge is 0.333 e. The van der Waals surface area contributed by atoms with Crippen molar-refractivity contribution in [1.29, 1.82) is 0 Å².